The molecule has 5 heteroatoms. The number of halogens is 1. The van der Waals surface area contributed by atoms with Gasteiger partial charge >= 0.3 is 0 Å². The van der Waals surface area contributed by atoms with Gasteiger partial charge in [-0.15, -0.1) is 0 Å². The van der Waals surface area contributed by atoms with Gasteiger partial charge in [-0.05, 0) is 62.8 Å². The highest BCUT2D eigenvalue weighted by atomic mass is 35.5. The van der Waals surface area contributed by atoms with Crippen LogP contribution in [0.1, 0.15) is 74.2 Å². The third-order valence-corrected chi connectivity index (χ3v) is 5.57. The van der Waals surface area contributed by atoms with Crippen LogP contribution in [0.4, 0.5) is 0 Å². The Kier molecular flexibility index (Phi) is 15.1. The summed E-state index contributed by atoms with van der Waals surface area (Å²) >= 11 is 6.27. The van der Waals surface area contributed by atoms with E-state index in [1.165, 1.54) is 38.0 Å². The van der Waals surface area contributed by atoms with E-state index >= 15 is 0 Å². The van der Waals surface area contributed by atoms with Gasteiger partial charge in [-0.1, -0.05) is 64.6 Å². The van der Waals surface area contributed by atoms with Gasteiger partial charge in [0.15, 0.2) is 0 Å². The first-order valence-electron chi connectivity index (χ1n) is 10.3. The number of carbonyl (C=O) groups excluding carboxylic acids is 1. The van der Waals surface area contributed by atoms with Crippen LogP contribution in [0.2, 0.25) is 5.02 Å². The van der Waals surface area contributed by atoms with Gasteiger partial charge in [-0.3, -0.25) is 4.79 Å². The smallest absolute Gasteiger partial charge is 0.252 e. The first-order valence-corrected chi connectivity index (χ1v) is 10.7. The van der Waals surface area contributed by atoms with Crippen LogP contribution in [0.15, 0.2) is 18.2 Å². The van der Waals surface area contributed by atoms with Crippen molar-refractivity contribution in [1.82, 2.24) is 10.6 Å². The monoisotopic (exact) mass is 421 g/mol. The van der Waals surface area contributed by atoms with Crippen LogP contribution < -0.4 is 10.6 Å². The molecule has 0 saturated heterocycles. The molecule has 0 aliphatic heterocycles. The Morgan fingerprint density at radius 3 is 2.45 bits per heavy atom. The average molecular weight is 422 g/mol. The molecule has 5 radical (unpaired) electrons. The number of benzene rings is 1. The zero-order chi connectivity index (χ0) is 19.5. The molecule has 0 heterocycles. The van der Waals surface area contributed by atoms with Crippen molar-refractivity contribution in [2.24, 2.45) is 0 Å². The highest BCUT2D eigenvalue weighted by molar-refractivity contribution is 6.33. The SMILES string of the molecule is CC(CO)NCCCc1ccc(Cl)c(C(=O)NC[C]2CCCCCCC2)c1.[CH2].[CH2]. The van der Waals surface area contributed by atoms with E-state index < -0.39 is 0 Å². The van der Waals surface area contributed by atoms with E-state index in [-0.39, 0.29) is 33.4 Å². The maximum atomic E-state index is 12.6. The molecule has 0 bridgehead atoms. The van der Waals surface area contributed by atoms with E-state index in [4.69, 9.17) is 16.7 Å². The number of carbonyl (C=O) groups is 1. The Morgan fingerprint density at radius 2 is 1.79 bits per heavy atom. The lowest BCUT2D eigenvalue weighted by Gasteiger charge is -2.19. The van der Waals surface area contributed by atoms with Gasteiger partial charge in [0.25, 0.3) is 5.91 Å². The van der Waals surface area contributed by atoms with Gasteiger partial charge < -0.3 is 15.7 Å². The minimum absolute atomic E-state index is 0. The van der Waals surface area contributed by atoms with Crippen molar-refractivity contribution in [1.29, 1.82) is 0 Å². The topological polar surface area (TPSA) is 61.4 Å². The van der Waals surface area contributed by atoms with Crippen LogP contribution in [0.5, 0.6) is 0 Å². The molecule has 1 unspecified atom stereocenters. The number of amides is 1. The molecular formula is C24H38ClN2O2. The highest BCUT2D eigenvalue weighted by Crippen LogP contribution is 2.24. The summed E-state index contributed by atoms with van der Waals surface area (Å²) < 4.78 is 0. The van der Waals surface area contributed by atoms with Crippen LogP contribution in [-0.2, 0) is 6.42 Å². The number of aliphatic hydroxyl groups is 1. The zero-order valence-corrected chi connectivity index (χ0v) is 18.7. The molecule has 29 heavy (non-hydrogen) atoms. The van der Waals surface area contributed by atoms with Crippen molar-refractivity contribution < 1.29 is 9.90 Å². The highest BCUT2D eigenvalue weighted by Gasteiger charge is 2.16. The maximum absolute atomic E-state index is 12.6. The first kappa shape index (κ1) is 27.9. The van der Waals surface area contributed by atoms with E-state index in [1.807, 2.05) is 25.1 Å². The quantitative estimate of drug-likeness (QED) is 0.494. The summed E-state index contributed by atoms with van der Waals surface area (Å²) in [5, 5.41) is 15.9. The largest absolute Gasteiger partial charge is 0.395 e. The van der Waals surface area contributed by atoms with Gasteiger partial charge in [0.05, 0.1) is 17.2 Å². The van der Waals surface area contributed by atoms with Crippen molar-refractivity contribution in [3.05, 3.63) is 55.1 Å². The molecule has 0 aromatic heterocycles. The number of aliphatic hydroxyl groups excluding tert-OH is 1. The second-order valence-electron chi connectivity index (χ2n) is 7.66. The molecule has 1 saturated carbocycles. The maximum Gasteiger partial charge on any atom is 0.252 e. The number of hydrogen-bond acceptors (Lipinski definition) is 3. The fraction of sp³-hybridized carbons (Fsp3) is 0.583. The van der Waals surface area contributed by atoms with E-state index in [0.29, 0.717) is 17.1 Å². The summed E-state index contributed by atoms with van der Waals surface area (Å²) in [7, 11) is 0. The van der Waals surface area contributed by atoms with Crippen molar-refractivity contribution >= 4 is 17.5 Å². The summed E-state index contributed by atoms with van der Waals surface area (Å²) in [6.45, 7) is 3.61. The van der Waals surface area contributed by atoms with Crippen LogP contribution >= 0.6 is 11.6 Å². The van der Waals surface area contributed by atoms with Gasteiger partial charge in [-0.25, -0.2) is 0 Å². The van der Waals surface area contributed by atoms with Gasteiger partial charge in [0.2, 0.25) is 0 Å². The molecule has 163 valence electrons. The number of hydrogen-bond donors (Lipinski definition) is 3. The molecule has 1 amide bonds. The lowest BCUT2D eigenvalue weighted by Crippen LogP contribution is -2.30. The number of nitrogens with one attached hydrogen (secondary N) is 2. The Hall–Kier alpha value is -1.10. The lowest BCUT2D eigenvalue weighted by atomic mass is 9.91. The third kappa shape index (κ3) is 10.5. The fourth-order valence-corrected chi connectivity index (χ4v) is 3.69. The third-order valence-electron chi connectivity index (χ3n) is 5.24. The summed E-state index contributed by atoms with van der Waals surface area (Å²) in [5.41, 5.74) is 1.68. The molecule has 0 spiro atoms. The molecule has 1 aliphatic carbocycles. The average Bonchev–Trinajstić information content (AvgIpc) is 2.65. The molecular weight excluding hydrogens is 384 g/mol. The van der Waals surface area contributed by atoms with Crippen LogP contribution in [0, 0.1) is 20.8 Å². The van der Waals surface area contributed by atoms with Crippen LogP contribution in [0.3, 0.4) is 0 Å². The molecule has 3 N–H and O–H groups in total. The summed E-state index contributed by atoms with van der Waals surface area (Å²) in [6.07, 6.45) is 10.5. The first-order chi connectivity index (χ1) is 13.1. The van der Waals surface area contributed by atoms with Crippen molar-refractivity contribution in [3.8, 4) is 0 Å². The predicted molar refractivity (Wildman–Crippen MR) is 123 cm³/mol. The Labute approximate surface area is 183 Å². The summed E-state index contributed by atoms with van der Waals surface area (Å²) in [5.74, 6) is 1.38. The lowest BCUT2D eigenvalue weighted by molar-refractivity contribution is 0.0954. The standard InChI is InChI=1S/C22H34ClN2O2.2CH2/c1-17(16-26)24-13-7-10-18-11-12-21(23)20(14-18)22(27)25-15-19-8-5-3-2-4-6-9-19;;/h11-12,14,17,24,26H,2-10,13,15-16H2,1H3,(H,25,27);2*1H2. The van der Waals surface area contributed by atoms with Gasteiger partial charge in [0, 0.05) is 12.6 Å². The van der Waals surface area contributed by atoms with Crippen molar-refractivity contribution in [3.63, 3.8) is 0 Å². The van der Waals surface area contributed by atoms with Crippen molar-refractivity contribution in [2.75, 3.05) is 19.7 Å². The van der Waals surface area contributed by atoms with Crippen molar-refractivity contribution in [2.45, 2.75) is 70.8 Å². The molecule has 1 aliphatic rings. The van der Waals surface area contributed by atoms with Crippen LogP contribution in [0.25, 0.3) is 0 Å². The second-order valence-corrected chi connectivity index (χ2v) is 8.06. The summed E-state index contributed by atoms with van der Waals surface area (Å²) in [6, 6.07) is 5.83. The fourth-order valence-electron chi connectivity index (χ4n) is 3.49. The Morgan fingerprint density at radius 1 is 1.14 bits per heavy atom. The minimum atomic E-state index is -0.0802. The summed E-state index contributed by atoms with van der Waals surface area (Å²) in [4.78, 5) is 12.6. The second kappa shape index (κ2) is 15.7. The normalized spacial score (nSPS) is 16.0. The molecule has 1 fully saturated rings. The van der Waals surface area contributed by atoms with Gasteiger partial charge in [0.1, 0.15) is 0 Å². The molecule has 1 aromatic rings. The Bertz CT molecular complexity index is 572. The Balaban J connectivity index is 0.00000392. The van der Waals surface area contributed by atoms with E-state index in [0.717, 1.165) is 37.8 Å². The zero-order valence-electron chi connectivity index (χ0n) is 17.9. The molecule has 1 aromatic carbocycles. The van der Waals surface area contributed by atoms with E-state index in [1.54, 1.807) is 0 Å². The minimum Gasteiger partial charge on any atom is -0.395 e. The molecule has 4 nitrogen and oxygen atoms in total. The van der Waals surface area contributed by atoms with Gasteiger partial charge in [-0.2, -0.15) is 0 Å². The van der Waals surface area contributed by atoms with E-state index in [2.05, 4.69) is 10.6 Å². The van der Waals surface area contributed by atoms with E-state index in [9.17, 15) is 4.79 Å². The number of aryl methyl sites for hydroxylation is 1. The molecule has 1 atom stereocenters. The predicted octanol–water partition coefficient (Wildman–Crippen LogP) is 4.95. The number of rotatable bonds is 9. The molecule has 2 rings (SSSR count). The van der Waals surface area contributed by atoms with Crippen LogP contribution in [-0.4, -0.2) is 36.8 Å².